The standard InChI is InChI=1S/C15H14N2/c1(2-4-14-6-10-16-11-7-14)3-5-15-8-12-17-13-9-15/h2-13H,1H2. The quantitative estimate of drug-likeness (QED) is 0.790. The fraction of sp³-hybridized carbons (Fsp3) is 0.0667. The highest BCUT2D eigenvalue weighted by Gasteiger charge is 1.83. The van der Waals surface area contributed by atoms with E-state index in [0.29, 0.717) is 0 Å². The van der Waals surface area contributed by atoms with Gasteiger partial charge in [-0.05, 0) is 41.8 Å². The van der Waals surface area contributed by atoms with Gasteiger partial charge in [-0.3, -0.25) is 9.97 Å². The molecule has 0 aromatic carbocycles. The van der Waals surface area contributed by atoms with Crippen molar-refractivity contribution in [1.82, 2.24) is 9.97 Å². The minimum Gasteiger partial charge on any atom is -0.265 e. The smallest absolute Gasteiger partial charge is 0.0273 e. The van der Waals surface area contributed by atoms with Crippen LogP contribution >= 0.6 is 0 Å². The Kier molecular flexibility index (Phi) is 4.23. The molecule has 2 nitrogen and oxygen atoms in total. The van der Waals surface area contributed by atoms with Gasteiger partial charge in [0.05, 0.1) is 0 Å². The highest BCUT2D eigenvalue weighted by molar-refractivity contribution is 5.51. The molecule has 0 atom stereocenters. The molecule has 2 aromatic rings. The summed E-state index contributed by atoms with van der Waals surface area (Å²) in [6, 6.07) is 7.96. The summed E-state index contributed by atoms with van der Waals surface area (Å²) in [7, 11) is 0. The lowest BCUT2D eigenvalue weighted by molar-refractivity contribution is 1.32. The maximum Gasteiger partial charge on any atom is 0.0273 e. The summed E-state index contributed by atoms with van der Waals surface area (Å²) in [6.07, 6.45) is 16.6. The number of hydrogen-bond donors (Lipinski definition) is 0. The number of nitrogens with zero attached hydrogens (tertiary/aromatic N) is 2. The maximum atomic E-state index is 3.98. The molecule has 2 rings (SSSR count). The van der Waals surface area contributed by atoms with E-state index in [1.807, 2.05) is 24.3 Å². The van der Waals surface area contributed by atoms with Crippen LogP contribution < -0.4 is 0 Å². The normalized spacial score (nSPS) is 11.3. The molecule has 0 saturated carbocycles. The van der Waals surface area contributed by atoms with E-state index in [4.69, 9.17) is 0 Å². The molecule has 2 heterocycles. The van der Waals surface area contributed by atoms with E-state index >= 15 is 0 Å². The third kappa shape index (κ3) is 4.03. The molecule has 0 bridgehead atoms. The zero-order valence-electron chi connectivity index (χ0n) is 9.53. The molecule has 0 aliphatic heterocycles. The van der Waals surface area contributed by atoms with Crippen molar-refractivity contribution < 1.29 is 0 Å². The van der Waals surface area contributed by atoms with Gasteiger partial charge < -0.3 is 0 Å². The number of allylic oxidation sites excluding steroid dienone is 2. The number of pyridine rings is 2. The van der Waals surface area contributed by atoms with Crippen molar-refractivity contribution in [3.63, 3.8) is 0 Å². The van der Waals surface area contributed by atoms with Crippen LogP contribution in [0.25, 0.3) is 12.2 Å². The van der Waals surface area contributed by atoms with Crippen molar-refractivity contribution in [2.24, 2.45) is 0 Å². The van der Waals surface area contributed by atoms with Crippen LogP contribution in [0, 0.1) is 0 Å². The van der Waals surface area contributed by atoms with Crippen LogP contribution in [0.3, 0.4) is 0 Å². The van der Waals surface area contributed by atoms with Gasteiger partial charge in [0.2, 0.25) is 0 Å². The van der Waals surface area contributed by atoms with Gasteiger partial charge in [-0.25, -0.2) is 0 Å². The van der Waals surface area contributed by atoms with Crippen molar-refractivity contribution in [1.29, 1.82) is 0 Å². The molecule has 2 aromatic heterocycles. The van der Waals surface area contributed by atoms with Crippen LogP contribution in [-0.4, -0.2) is 9.97 Å². The fourth-order valence-corrected chi connectivity index (χ4v) is 1.44. The lowest BCUT2D eigenvalue weighted by Gasteiger charge is -1.90. The van der Waals surface area contributed by atoms with Gasteiger partial charge in [-0.15, -0.1) is 0 Å². The van der Waals surface area contributed by atoms with E-state index in [0.717, 1.165) is 6.42 Å². The highest BCUT2D eigenvalue weighted by atomic mass is 14.6. The van der Waals surface area contributed by atoms with Crippen LogP contribution in [0.4, 0.5) is 0 Å². The summed E-state index contributed by atoms with van der Waals surface area (Å²) in [5.41, 5.74) is 2.36. The van der Waals surface area contributed by atoms with Crippen LogP contribution in [0.1, 0.15) is 17.5 Å². The lowest BCUT2D eigenvalue weighted by atomic mass is 10.2. The van der Waals surface area contributed by atoms with E-state index in [1.54, 1.807) is 24.8 Å². The Morgan fingerprint density at radius 1 is 0.706 bits per heavy atom. The first-order valence-electron chi connectivity index (χ1n) is 5.58. The SMILES string of the molecule is C(=Cc1ccncc1)CC=Cc1ccncc1. The third-order valence-electron chi connectivity index (χ3n) is 2.30. The topological polar surface area (TPSA) is 25.8 Å². The number of aromatic nitrogens is 2. The van der Waals surface area contributed by atoms with Gasteiger partial charge in [-0.1, -0.05) is 24.3 Å². The van der Waals surface area contributed by atoms with Gasteiger partial charge in [0.15, 0.2) is 0 Å². The molecule has 2 heteroatoms. The molecule has 0 aliphatic rings. The van der Waals surface area contributed by atoms with Crippen LogP contribution in [0.15, 0.2) is 61.2 Å². The predicted octanol–water partition coefficient (Wildman–Crippen LogP) is 3.59. The Morgan fingerprint density at radius 2 is 1.12 bits per heavy atom. The molecule has 0 N–H and O–H groups in total. The second-order valence-corrected chi connectivity index (χ2v) is 3.60. The summed E-state index contributed by atoms with van der Waals surface area (Å²) in [4.78, 5) is 7.95. The van der Waals surface area contributed by atoms with E-state index in [9.17, 15) is 0 Å². The van der Waals surface area contributed by atoms with Crippen molar-refractivity contribution >= 4 is 12.2 Å². The number of rotatable bonds is 4. The van der Waals surface area contributed by atoms with E-state index < -0.39 is 0 Å². The summed E-state index contributed by atoms with van der Waals surface area (Å²) < 4.78 is 0. The third-order valence-corrected chi connectivity index (χ3v) is 2.30. The Labute approximate surface area is 101 Å². The first-order valence-corrected chi connectivity index (χ1v) is 5.58. The predicted molar refractivity (Wildman–Crippen MR) is 71.2 cm³/mol. The molecule has 0 unspecified atom stereocenters. The molecule has 84 valence electrons. The molecule has 0 fully saturated rings. The maximum absolute atomic E-state index is 3.98. The Balaban J connectivity index is 1.84. The van der Waals surface area contributed by atoms with Gasteiger partial charge in [-0.2, -0.15) is 0 Å². The summed E-state index contributed by atoms with van der Waals surface area (Å²) in [6.45, 7) is 0. The minimum atomic E-state index is 0.921. The molecule has 0 aliphatic carbocycles. The van der Waals surface area contributed by atoms with Crippen LogP contribution in [-0.2, 0) is 0 Å². The molecule has 17 heavy (non-hydrogen) atoms. The Morgan fingerprint density at radius 3 is 1.53 bits per heavy atom. The van der Waals surface area contributed by atoms with Crippen molar-refractivity contribution in [2.45, 2.75) is 6.42 Å². The first-order chi connectivity index (χ1) is 8.45. The molecule has 0 saturated heterocycles. The second-order valence-electron chi connectivity index (χ2n) is 3.60. The van der Waals surface area contributed by atoms with Crippen molar-refractivity contribution in [3.05, 3.63) is 72.3 Å². The Bertz CT molecular complexity index is 439. The zero-order chi connectivity index (χ0) is 11.8. The Hall–Kier alpha value is -2.22. The molecule has 0 radical (unpaired) electrons. The van der Waals surface area contributed by atoms with E-state index in [2.05, 4.69) is 34.3 Å². The molecular weight excluding hydrogens is 208 g/mol. The van der Waals surface area contributed by atoms with E-state index in [1.165, 1.54) is 11.1 Å². The molecular formula is C15H14N2. The zero-order valence-corrected chi connectivity index (χ0v) is 9.53. The van der Waals surface area contributed by atoms with Crippen LogP contribution in [0.5, 0.6) is 0 Å². The average molecular weight is 222 g/mol. The minimum absolute atomic E-state index is 0.921. The number of hydrogen-bond acceptors (Lipinski definition) is 2. The van der Waals surface area contributed by atoms with Gasteiger partial charge in [0, 0.05) is 24.8 Å². The first kappa shape index (κ1) is 11.3. The fourth-order valence-electron chi connectivity index (χ4n) is 1.44. The largest absolute Gasteiger partial charge is 0.265 e. The summed E-state index contributed by atoms with van der Waals surface area (Å²) in [5, 5.41) is 0. The van der Waals surface area contributed by atoms with Crippen molar-refractivity contribution in [2.75, 3.05) is 0 Å². The van der Waals surface area contributed by atoms with Gasteiger partial charge >= 0.3 is 0 Å². The lowest BCUT2D eigenvalue weighted by Crippen LogP contribution is -1.73. The van der Waals surface area contributed by atoms with E-state index in [-0.39, 0.29) is 0 Å². The highest BCUT2D eigenvalue weighted by Crippen LogP contribution is 2.03. The van der Waals surface area contributed by atoms with Crippen LogP contribution in [0.2, 0.25) is 0 Å². The summed E-state index contributed by atoms with van der Waals surface area (Å²) in [5.74, 6) is 0. The summed E-state index contributed by atoms with van der Waals surface area (Å²) >= 11 is 0. The monoisotopic (exact) mass is 222 g/mol. The van der Waals surface area contributed by atoms with Gasteiger partial charge in [0.1, 0.15) is 0 Å². The second kappa shape index (κ2) is 6.38. The van der Waals surface area contributed by atoms with Gasteiger partial charge in [0.25, 0.3) is 0 Å². The molecule has 0 spiro atoms. The van der Waals surface area contributed by atoms with Crippen molar-refractivity contribution in [3.8, 4) is 0 Å². The average Bonchev–Trinajstić information content (AvgIpc) is 2.41. The molecule has 0 amide bonds.